The van der Waals surface area contributed by atoms with E-state index in [1.165, 1.54) is 5.56 Å². The Morgan fingerprint density at radius 3 is 2.47 bits per heavy atom. The van der Waals surface area contributed by atoms with E-state index in [4.69, 9.17) is 4.74 Å². The van der Waals surface area contributed by atoms with Crippen molar-refractivity contribution in [3.05, 3.63) is 120 Å². The van der Waals surface area contributed by atoms with Crippen LogP contribution in [0.4, 0.5) is 0 Å². The molecule has 0 atom stereocenters. The summed E-state index contributed by atoms with van der Waals surface area (Å²) < 4.78 is 7.77. The number of imidazole rings is 1. The van der Waals surface area contributed by atoms with Crippen molar-refractivity contribution in [1.82, 2.24) is 19.9 Å². The molecule has 6 heteroatoms. The van der Waals surface area contributed by atoms with Gasteiger partial charge < -0.3 is 10.1 Å². The molecular weight excluding hydrogens is 424 g/mol. The van der Waals surface area contributed by atoms with Gasteiger partial charge in [0.1, 0.15) is 17.9 Å². The van der Waals surface area contributed by atoms with Crippen LogP contribution in [-0.4, -0.2) is 27.0 Å². The standard InChI is InChI=1S/C28H24N4O2/c33-28(19-34-26-13-7-4-10-23(26)16-21-8-2-1-3-9-21)30-18-22-14-15-27(29-17-22)32-20-31-24-11-5-6-12-25(24)32/h1-15,17,20H,16,18-19H2,(H,30,33). The molecule has 0 spiro atoms. The van der Waals surface area contributed by atoms with E-state index in [1.807, 2.05) is 83.4 Å². The number of amides is 1. The molecule has 0 saturated heterocycles. The predicted octanol–water partition coefficient (Wildman–Crippen LogP) is 4.71. The van der Waals surface area contributed by atoms with Gasteiger partial charge in [0.25, 0.3) is 5.91 Å². The van der Waals surface area contributed by atoms with Gasteiger partial charge >= 0.3 is 0 Å². The van der Waals surface area contributed by atoms with Crippen molar-refractivity contribution >= 4 is 16.9 Å². The third kappa shape index (κ3) is 4.96. The first-order chi connectivity index (χ1) is 16.8. The second-order valence-corrected chi connectivity index (χ2v) is 7.96. The molecule has 0 aliphatic heterocycles. The first-order valence-electron chi connectivity index (χ1n) is 11.1. The number of rotatable bonds is 8. The van der Waals surface area contributed by atoms with Gasteiger partial charge in [-0.25, -0.2) is 9.97 Å². The number of pyridine rings is 1. The highest BCUT2D eigenvalue weighted by Gasteiger charge is 2.09. The number of para-hydroxylation sites is 3. The molecule has 1 amide bonds. The molecule has 3 aromatic carbocycles. The highest BCUT2D eigenvalue weighted by Crippen LogP contribution is 2.21. The van der Waals surface area contributed by atoms with Crippen molar-refractivity contribution < 1.29 is 9.53 Å². The fourth-order valence-corrected chi connectivity index (χ4v) is 3.81. The largest absolute Gasteiger partial charge is 0.483 e. The van der Waals surface area contributed by atoms with E-state index in [1.54, 1.807) is 12.5 Å². The number of benzene rings is 3. The smallest absolute Gasteiger partial charge is 0.258 e. The van der Waals surface area contributed by atoms with Crippen LogP contribution in [0, 0.1) is 0 Å². The molecule has 6 nitrogen and oxygen atoms in total. The predicted molar refractivity (Wildman–Crippen MR) is 132 cm³/mol. The van der Waals surface area contributed by atoms with Crippen LogP contribution < -0.4 is 10.1 Å². The van der Waals surface area contributed by atoms with Crippen LogP contribution in [0.25, 0.3) is 16.9 Å². The van der Waals surface area contributed by atoms with Crippen LogP contribution in [0.1, 0.15) is 16.7 Å². The van der Waals surface area contributed by atoms with Crippen LogP contribution in [0.5, 0.6) is 5.75 Å². The van der Waals surface area contributed by atoms with E-state index < -0.39 is 0 Å². The first kappa shape index (κ1) is 21.4. The lowest BCUT2D eigenvalue weighted by Crippen LogP contribution is -2.28. The molecule has 0 aliphatic carbocycles. The Bertz CT molecular complexity index is 1400. The van der Waals surface area contributed by atoms with Gasteiger partial charge in [0, 0.05) is 19.2 Å². The number of hydrogen-bond acceptors (Lipinski definition) is 4. The van der Waals surface area contributed by atoms with Crippen molar-refractivity contribution in [1.29, 1.82) is 0 Å². The molecule has 34 heavy (non-hydrogen) atoms. The number of fused-ring (bicyclic) bond motifs is 1. The van der Waals surface area contributed by atoms with Gasteiger partial charge in [-0.05, 0) is 41.0 Å². The van der Waals surface area contributed by atoms with E-state index in [2.05, 4.69) is 27.4 Å². The Morgan fingerprint density at radius 2 is 1.62 bits per heavy atom. The zero-order valence-electron chi connectivity index (χ0n) is 18.6. The lowest BCUT2D eigenvalue weighted by Gasteiger charge is -2.12. The zero-order valence-corrected chi connectivity index (χ0v) is 18.6. The SMILES string of the molecule is O=C(COc1ccccc1Cc1ccccc1)NCc1ccc(-n2cnc3ccccc32)nc1. The van der Waals surface area contributed by atoms with E-state index in [-0.39, 0.29) is 12.5 Å². The molecule has 2 aromatic heterocycles. The monoisotopic (exact) mass is 448 g/mol. The maximum Gasteiger partial charge on any atom is 0.258 e. The van der Waals surface area contributed by atoms with Gasteiger partial charge in [-0.15, -0.1) is 0 Å². The van der Waals surface area contributed by atoms with Gasteiger partial charge in [-0.2, -0.15) is 0 Å². The summed E-state index contributed by atoms with van der Waals surface area (Å²) in [6.45, 7) is 0.337. The number of carbonyl (C=O) groups is 1. The highest BCUT2D eigenvalue weighted by molar-refractivity contribution is 5.78. The van der Waals surface area contributed by atoms with E-state index in [0.717, 1.165) is 40.1 Å². The van der Waals surface area contributed by atoms with Gasteiger partial charge in [0.2, 0.25) is 0 Å². The first-order valence-corrected chi connectivity index (χ1v) is 11.1. The molecule has 168 valence electrons. The van der Waals surface area contributed by atoms with Crippen LogP contribution >= 0.6 is 0 Å². The summed E-state index contributed by atoms with van der Waals surface area (Å²) >= 11 is 0. The maximum atomic E-state index is 12.4. The van der Waals surface area contributed by atoms with Gasteiger partial charge in [0.15, 0.2) is 6.61 Å². The molecule has 2 heterocycles. The fraction of sp³-hybridized carbons (Fsp3) is 0.107. The lowest BCUT2D eigenvalue weighted by atomic mass is 10.0. The molecule has 5 rings (SSSR count). The van der Waals surface area contributed by atoms with Crippen molar-refractivity contribution in [3.63, 3.8) is 0 Å². The second-order valence-electron chi connectivity index (χ2n) is 7.96. The Hall–Kier alpha value is -4.45. The van der Waals surface area contributed by atoms with Crippen molar-refractivity contribution in [2.24, 2.45) is 0 Å². The number of nitrogens with zero attached hydrogens (tertiary/aromatic N) is 3. The summed E-state index contributed by atoms with van der Waals surface area (Å²) in [6, 6.07) is 29.8. The highest BCUT2D eigenvalue weighted by atomic mass is 16.5. The number of carbonyl (C=O) groups excluding carboxylic acids is 1. The van der Waals surface area contributed by atoms with Gasteiger partial charge in [-0.3, -0.25) is 9.36 Å². The Labute approximate surface area is 197 Å². The summed E-state index contributed by atoms with van der Waals surface area (Å²) in [5.41, 5.74) is 5.08. The average Bonchev–Trinajstić information content (AvgIpc) is 3.32. The zero-order chi connectivity index (χ0) is 23.2. The van der Waals surface area contributed by atoms with E-state index >= 15 is 0 Å². The molecule has 0 bridgehead atoms. The summed E-state index contributed by atoms with van der Waals surface area (Å²) in [4.78, 5) is 21.3. The number of nitrogens with one attached hydrogen (secondary N) is 1. The van der Waals surface area contributed by atoms with Crippen LogP contribution in [0.3, 0.4) is 0 Å². The van der Waals surface area contributed by atoms with E-state index in [0.29, 0.717) is 6.54 Å². The van der Waals surface area contributed by atoms with Crippen LogP contribution in [-0.2, 0) is 17.8 Å². The quantitative estimate of drug-likeness (QED) is 0.373. The van der Waals surface area contributed by atoms with E-state index in [9.17, 15) is 4.79 Å². The minimum atomic E-state index is -0.181. The molecule has 1 N–H and O–H groups in total. The van der Waals surface area contributed by atoms with Crippen LogP contribution in [0.15, 0.2) is 104 Å². The van der Waals surface area contributed by atoms with Gasteiger partial charge in [-0.1, -0.05) is 66.7 Å². The molecule has 0 unspecified atom stereocenters. The number of hydrogen-bond donors (Lipinski definition) is 1. The molecule has 0 saturated carbocycles. The van der Waals surface area contributed by atoms with Gasteiger partial charge in [0.05, 0.1) is 11.0 Å². The topological polar surface area (TPSA) is 69.0 Å². The Balaban J connectivity index is 1.16. The third-order valence-electron chi connectivity index (χ3n) is 5.57. The summed E-state index contributed by atoms with van der Waals surface area (Å²) in [5.74, 6) is 1.32. The molecule has 5 aromatic rings. The maximum absolute atomic E-state index is 12.4. The number of aromatic nitrogens is 3. The second kappa shape index (κ2) is 10.0. The summed E-state index contributed by atoms with van der Waals surface area (Å²) in [7, 11) is 0. The molecule has 0 fully saturated rings. The van der Waals surface area contributed by atoms with Crippen molar-refractivity contribution in [3.8, 4) is 11.6 Å². The normalized spacial score (nSPS) is 10.8. The van der Waals surface area contributed by atoms with Crippen molar-refractivity contribution in [2.45, 2.75) is 13.0 Å². The number of ether oxygens (including phenoxy) is 1. The summed E-state index contributed by atoms with van der Waals surface area (Å²) in [6.07, 6.45) is 4.28. The van der Waals surface area contributed by atoms with Crippen molar-refractivity contribution in [2.75, 3.05) is 6.61 Å². The molecule has 0 radical (unpaired) electrons. The third-order valence-corrected chi connectivity index (χ3v) is 5.57. The Morgan fingerprint density at radius 1 is 0.824 bits per heavy atom. The average molecular weight is 449 g/mol. The minimum absolute atomic E-state index is 0.0433. The summed E-state index contributed by atoms with van der Waals surface area (Å²) in [5, 5.41) is 2.90. The van der Waals surface area contributed by atoms with Crippen LogP contribution in [0.2, 0.25) is 0 Å². The minimum Gasteiger partial charge on any atom is -0.483 e. The Kier molecular flexibility index (Phi) is 6.29. The fourth-order valence-electron chi connectivity index (χ4n) is 3.81. The molecular formula is C28H24N4O2. The molecule has 0 aliphatic rings. The lowest BCUT2D eigenvalue weighted by molar-refractivity contribution is -0.123.